The van der Waals surface area contributed by atoms with Crippen LogP contribution in [0.2, 0.25) is 0 Å². The Morgan fingerprint density at radius 1 is 0.268 bits per heavy atom. The molecule has 5 heteroatoms. The first-order valence-electron chi connectivity index (χ1n) is 13.6. The number of rotatable bonds is 0. The van der Waals surface area contributed by atoms with E-state index in [-0.39, 0.29) is 20.4 Å². The van der Waals surface area contributed by atoms with Crippen LogP contribution in [0.4, 0.5) is 0 Å². The topological polar surface area (TPSA) is 63.2 Å². The summed E-state index contributed by atoms with van der Waals surface area (Å²) in [5.41, 5.74) is 4.34. The molecular weight excluding hydrogens is 595 g/mol. The predicted octanol–water partition coefficient (Wildman–Crippen LogP) is 5.24. The van der Waals surface area contributed by atoms with Crippen molar-refractivity contribution in [1.82, 2.24) is 19.9 Å². The molecule has 0 atom stereocenters. The Kier molecular flexibility index (Phi) is 5.34. The average molecular weight is 619 g/mol. The van der Waals surface area contributed by atoms with Crippen LogP contribution in [0.1, 0.15) is 22.8 Å². The van der Waals surface area contributed by atoms with E-state index in [0.717, 1.165) is 44.2 Å². The molecule has 0 aliphatic carbocycles. The van der Waals surface area contributed by atoms with Crippen LogP contribution in [-0.2, 0) is 20.4 Å². The van der Waals surface area contributed by atoms with Gasteiger partial charge in [-0.3, -0.25) is 0 Å². The molecule has 0 radical (unpaired) electrons. The second-order valence-corrected chi connectivity index (χ2v) is 10.6. The minimum Gasteiger partial charge on any atom is -0.354 e. The summed E-state index contributed by atoms with van der Waals surface area (Å²) in [5.74, 6) is 0. The van der Waals surface area contributed by atoms with Crippen LogP contribution in [0.15, 0.2) is 97.1 Å². The van der Waals surface area contributed by atoms with Crippen molar-refractivity contribution in [3.05, 3.63) is 141 Å². The zero-order chi connectivity index (χ0) is 26.2. The summed E-state index contributed by atoms with van der Waals surface area (Å²) in [5, 5.41) is 13.9. The predicted molar refractivity (Wildman–Crippen MR) is 166 cm³/mol. The summed E-state index contributed by atoms with van der Waals surface area (Å²) in [6.45, 7) is 0. The van der Waals surface area contributed by atoms with Gasteiger partial charge >= 0.3 is 20.4 Å². The zero-order valence-electron chi connectivity index (χ0n) is 21.9. The quantitative estimate of drug-likeness (QED) is 0.168. The molecule has 4 N–H and O–H groups in total. The molecule has 9 rings (SSSR count). The van der Waals surface area contributed by atoms with E-state index in [4.69, 9.17) is 0 Å². The second kappa shape index (κ2) is 9.11. The van der Waals surface area contributed by atoms with E-state index >= 15 is 0 Å². The Hall–Kier alpha value is -4.82. The van der Waals surface area contributed by atoms with Crippen molar-refractivity contribution in [2.45, 2.75) is 0 Å². The van der Waals surface area contributed by atoms with Crippen molar-refractivity contribution >= 4 is 67.4 Å². The van der Waals surface area contributed by atoms with Gasteiger partial charge in [-0.25, -0.2) is 0 Å². The van der Waals surface area contributed by atoms with Crippen molar-refractivity contribution in [2.24, 2.45) is 0 Å². The van der Waals surface area contributed by atoms with Gasteiger partial charge in [0.1, 0.15) is 0 Å². The van der Waals surface area contributed by atoms with Crippen molar-refractivity contribution in [3.8, 4) is 0 Å². The summed E-state index contributed by atoms with van der Waals surface area (Å²) in [7, 11) is 0. The van der Waals surface area contributed by atoms with Crippen molar-refractivity contribution in [3.63, 3.8) is 0 Å². The van der Waals surface area contributed by atoms with E-state index in [2.05, 4.69) is 141 Å². The minimum atomic E-state index is 0. The molecule has 0 unspecified atom stereocenters. The van der Waals surface area contributed by atoms with Crippen LogP contribution in [0.3, 0.4) is 0 Å². The van der Waals surface area contributed by atoms with Gasteiger partial charge in [0.2, 0.25) is 0 Å². The van der Waals surface area contributed by atoms with Gasteiger partial charge < -0.3 is 19.9 Å². The number of nitrogens with one attached hydrogen (secondary N) is 4. The Labute approximate surface area is 248 Å². The maximum atomic E-state index is 3.75. The normalized spacial score (nSPS) is 12.5. The summed E-state index contributed by atoms with van der Waals surface area (Å²) < 4.78 is 0. The molecule has 196 valence electrons. The van der Waals surface area contributed by atoms with E-state index in [1.54, 1.807) is 0 Å². The number of benzene rings is 4. The van der Waals surface area contributed by atoms with Gasteiger partial charge in [-0.15, -0.1) is 0 Å². The fourth-order valence-corrected chi connectivity index (χ4v) is 6.42. The molecule has 8 aromatic rings. The smallest absolute Gasteiger partial charge is 0.354 e. The fourth-order valence-electron chi connectivity index (χ4n) is 6.42. The van der Waals surface area contributed by atoms with Crippen molar-refractivity contribution < 1.29 is 20.4 Å². The third-order valence-electron chi connectivity index (χ3n) is 8.26. The summed E-state index contributed by atoms with van der Waals surface area (Å²) >= 11 is 0. The Morgan fingerprint density at radius 2 is 0.488 bits per heavy atom. The number of aromatic amines is 4. The van der Waals surface area contributed by atoms with E-state index in [9.17, 15) is 0 Å². The number of hydrogen-bond donors (Lipinski definition) is 4. The van der Waals surface area contributed by atoms with Gasteiger partial charge in [0.15, 0.2) is 0 Å². The van der Waals surface area contributed by atoms with Crippen LogP contribution in [0.25, 0.3) is 67.4 Å². The number of H-pyrrole nitrogens is 4. The number of fused-ring (bicyclic) bond motifs is 20. The molecule has 5 heterocycles. The summed E-state index contributed by atoms with van der Waals surface area (Å²) in [6, 6.07) is 34.4. The molecule has 41 heavy (non-hydrogen) atoms. The maximum absolute atomic E-state index is 3.75. The first-order chi connectivity index (χ1) is 19.8. The molecule has 0 fully saturated rings. The molecular formula is C36H24N4Pd+2. The van der Waals surface area contributed by atoms with Crippen molar-refractivity contribution in [1.29, 1.82) is 0 Å². The molecule has 0 spiro atoms. The summed E-state index contributed by atoms with van der Waals surface area (Å²) in [6.07, 6.45) is 8.98. The largest absolute Gasteiger partial charge is 2.00 e. The summed E-state index contributed by atoms with van der Waals surface area (Å²) in [4.78, 5) is 15.0. The Morgan fingerprint density at radius 3 is 0.732 bits per heavy atom. The van der Waals surface area contributed by atoms with Gasteiger partial charge in [-0.05, 0) is 24.3 Å². The molecule has 0 saturated heterocycles. The van der Waals surface area contributed by atoms with E-state index in [0.29, 0.717) is 0 Å². The standard InChI is InChI=1S/C36H24N4.Pd/c1-2-10-22-21(9-1)29-17-31-23-11-3-4-12-24(23)33(38-31)19-35-27-15-7-8-16-28(27)36(40-35)20-34-26-14-6-5-13-25(26)32(39-34)18-30(22)37-29;/h1-20,37-40H;/q;+2. The SMILES string of the molecule is C1=c2[nH]c(c3ccccc23)=Cc2[nH]c(c3ccccc23)C=c2[nH]c(c3ccccc23)=Cc2[nH]c1c1ccccc21.[Pd+2]. The third kappa shape index (κ3) is 3.64. The average Bonchev–Trinajstić information content (AvgIpc) is 3.73. The van der Waals surface area contributed by atoms with Gasteiger partial charge in [0, 0.05) is 87.3 Å². The fraction of sp³-hybridized carbons (Fsp3) is 0. The van der Waals surface area contributed by atoms with Gasteiger partial charge in [-0.2, -0.15) is 0 Å². The van der Waals surface area contributed by atoms with Gasteiger partial charge in [-0.1, -0.05) is 97.1 Å². The van der Waals surface area contributed by atoms with Crippen LogP contribution in [0.5, 0.6) is 0 Å². The molecule has 4 aromatic heterocycles. The monoisotopic (exact) mass is 618 g/mol. The first-order valence-corrected chi connectivity index (χ1v) is 13.6. The van der Waals surface area contributed by atoms with Crippen LogP contribution in [0, 0.1) is 0 Å². The van der Waals surface area contributed by atoms with Gasteiger partial charge in [0.25, 0.3) is 0 Å². The Balaban J connectivity index is 0.00000256. The molecule has 1 aliphatic rings. The molecule has 0 saturated carbocycles. The first kappa shape index (κ1) is 24.0. The number of aromatic nitrogens is 4. The molecule has 1 aliphatic heterocycles. The molecule has 4 aromatic carbocycles. The van der Waals surface area contributed by atoms with Crippen LogP contribution < -0.4 is 21.4 Å². The van der Waals surface area contributed by atoms with E-state index < -0.39 is 0 Å². The van der Waals surface area contributed by atoms with Crippen LogP contribution >= 0.6 is 0 Å². The molecule has 0 amide bonds. The van der Waals surface area contributed by atoms with E-state index in [1.807, 2.05) is 0 Å². The second-order valence-electron chi connectivity index (χ2n) is 10.6. The maximum Gasteiger partial charge on any atom is 2.00 e. The molecule has 8 bridgehead atoms. The number of hydrogen-bond acceptors (Lipinski definition) is 0. The minimum absolute atomic E-state index is 0. The van der Waals surface area contributed by atoms with E-state index in [1.165, 1.54) is 43.1 Å². The Bertz CT molecular complexity index is 2210. The van der Waals surface area contributed by atoms with Crippen LogP contribution in [-0.4, -0.2) is 19.9 Å². The van der Waals surface area contributed by atoms with Crippen molar-refractivity contribution in [2.75, 3.05) is 0 Å². The third-order valence-corrected chi connectivity index (χ3v) is 8.26. The van der Waals surface area contributed by atoms with Gasteiger partial charge in [0.05, 0.1) is 0 Å². The zero-order valence-corrected chi connectivity index (χ0v) is 23.4. The molecule has 4 nitrogen and oxygen atoms in total.